The first kappa shape index (κ1) is 14.7. The molecular formula is C18H21NO3. The Balaban J connectivity index is 1.89. The second-order valence-corrected chi connectivity index (χ2v) is 5.60. The molecule has 0 spiro atoms. The van der Waals surface area contributed by atoms with E-state index in [0.717, 1.165) is 43.0 Å². The highest BCUT2D eigenvalue weighted by Crippen LogP contribution is 2.35. The average molecular weight is 299 g/mol. The fourth-order valence-corrected chi connectivity index (χ4v) is 3.08. The fraction of sp³-hybridized carbons (Fsp3) is 0.389. The van der Waals surface area contributed by atoms with E-state index in [1.807, 2.05) is 41.3 Å². The minimum Gasteiger partial charge on any atom is -0.496 e. The van der Waals surface area contributed by atoms with Gasteiger partial charge in [0.15, 0.2) is 0 Å². The van der Waals surface area contributed by atoms with Crippen molar-refractivity contribution in [3.05, 3.63) is 54.0 Å². The van der Waals surface area contributed by atoms with E-state index in [0.29, 0.717) is 6.42 Å². The third-order valence-corrected chi connectivity index (χ3v) is 4.24. The molecule has 0 unspecified atom stereocenters. The molecule has 116 valence electrons. The Morgan fingerprint density at radius 2 is 2.00 bits per heavy atom. The summed E-state index contributed by atoms with van der Waals surface area (Å²) in [6.45, 7) is 1.74. The van der Waals surface area contributed by atoms with Crippen LogP contribution in [-0.4, -0.2) is 31.0 Å². The van der Waals surface area contributed by atoms with Crippen molar-refractivity contribution >= 4 is 5.91 Å². The molecule has 1 atom stereocenters. The average Bonchev–Trinajstić information content (AvgIpc) is 3.25. The maximum Gasteiger partial charge on any atom is 0.223 e. The Morgan fingerprint density at radius 1 is 1.23 bits per heavy atom. The number of carbonyl (C=O) groups is 1. The summed E-state index contributed by atoms with van der Waals surface area (Å²) in [6.07, 6.45) is 4.27. The van der Waals surface area contributed by atoms with Crippen molar-refractivity contribution < 1.29 is 13.9 Å². The van der Waals surface area contributed by atoms with Gasteiger partial charge in [0.1, 0.15) is 11.5 Å². The monoisotopic (exact) mass is 299 g/mol. The molecule has 0 radical (unpaired) electrons. The number of hydrogen-bond acceptors (Lipinski definition) is 3. The largest absolute Gasteiger partial charge is 0.496 e. The number of para-hydroxylation sites is 1. The molecule has 1 aliphatic heterocycles. The van der Waals surface area contributed by atoms with Crippen LogP contribution in [0.15, 0.2) is 47.1 Å². The van der Waals surface area contributed by atoms with Gasteiger partial charge in [-0.15, -0.1) is 0 Å². The van der Waals surface area contributed by atoms with Crippen LogP contribution in [0.25, 0.3) is 0 Å². The molecule has 1 amide bonds. The van der Waals surface area contributed by atoms with Gasteiger partial charge < -0.3 is 14.1 Å². The summed E-state index contributed by atoms with van der Waals surface area (Å²) in [5.74, 6) is 1.67. The maximum atomic E-state index is 12.6. The van der Waals surface area contributed by atoms with Gasteiger partial charge in [0.05, 0.1) is 19.3 Å². The predicted octanol–water partition coefficient (Wildman–Crippen LogP) is 3.43. The van der Waals surface area contributed by atoms with E-state index in [9.17, 15) is 4.79 Å². The SMILES string of the molecule is COc1ccccc1[C@@H](CC(=O)N1CCCC1)c1ccco1. The third-order valence-electron chi connectivity index (χ3n) is 4.24. The summed E-state index contributed by atoms with van der Waals surface area (Å²) in [7, 11) is 1.65. The summed E-state index contributed by atoms with van der Waals surface area (Å²) < 4.78 is 11.1. The molecule has 1 aromatic carbocycles. The van der Waals surface area contributed by atoms with Crippen LogP contribution in [-0.2, 0) is 4.79 Å². The standard InChI is InChI=1S/C18H21NO3/c1-21-16-8-3-2-7-14(16)15(17-9-6-12-22-17)13-18(20)19-10-4-5-11-19/h2-3,6-9,12,15H,4-5,10-11,13H2,1H3/t15-/m1/s1. The van der Waals surface area contributed by atoms with Crippen LogP contribution in [0.1, 0.15) is 36.5 Å². The lowest BCUT2D eigenvalue weighted by Crippen LogP contribution is -2.29. The molecule has 3 rings (SSSR count). The number of benzene rings is 1. The number of likely N-dealkylation sites (tertiary alicyclic amines) is 1. The molecule has 0 saturated carbocycles. The highest BCUT2D eigenvalue weighted by atomic mass is 16.5. The van der Waals surface area contributed by atoms with Crippen LogP contribution in [0.3, 0.4) is 0 Å². The van der Waals surface area contributed by atoms with Crippen molar-refractivity contribution in [2.45, 2.75) is 25.2 Å². The van der Waals surface area contributed by atoms with Crippen molar-refractivity contribution in [2.24, 2.45) is 0 Å². The highest BCUT2D eigenvalue weighted by molar-refractivity contribution is 5.78. The fourth-order valence-electron chi connectivity index (χ4n) is 3.08. The number of nitrogens with zero attached hydrogens (tertiary/aromatic N) is 1. The van der Waals surface area contributed by atoms with Crippen LogP contribution < -0.4 is 4.74 Å². The van der Waals surface area contributed by atoms with Crippen LogP contribution >= 0.6 is 0 Å². The Bertz CT molecular complexity index is 615. The van der Waals surface area contributed by atoms with Crippen molar-refractivity contribution in [1.82, 2.24) is 4.90 Å². The summed E-state index contributed by atoms with van der Waals surface area (Å²) in [5.41, 5.74) is 0.993. The topological polar surface area (TPSA) is 42.7 Å². The Morgan fingerprint density at radius 3 is 2.68 bits per heavy atom. The molecule has 4 nitrogen and oxygen atoms in total. The van der Waals surface area contributed by atoms with Crippen molar-refractivity contribution in [3.63, 3.8) is 0 Å². The molecule has 1 saturated heterocycles. The van der Waals surface area contributed by atoms with Crippen LogP contribution in [0.5, 0.6) is 5.75 Å². The Kier molecular flexibility index (Phi) is 4.47. The van der Waals surface area contributed by atoms with E-state index in [4.69, 9.17) is 9.15 Å². The number of methoxy groups -OCH3 is 1. The van der Waals surface area contributed by atoms with E-state index >= 15 is 0 Å². The lowest BCUT2D eigenvalue weighted by atomic mass is 9.92. The molecule has 1 fully saturated rings. The van der Waals surface area contributed by atoms with Crippen molar-refractivity contribution in [2.75, 3.05) is 20.2 Å². The molecule has 1 aromatic heterocycles. The molecule has 22 heavy (non-hydrogen) atoms. The van der Waals surface area contributed by atoms with Gasteiger partial charge in [-0.05, 0) is 31.0 Å². The first-order valence-electron chi connectivity index (χ1n) is 7.73. The number of hydrogen-bond donors (Lipinski definition) is 0. The second-order valence-electron chi connectivity index (χ2n) is 5.60. The van der Waals surface area contributed by atoms with E-state index in [1.54, 1.807) is 13.4 Å². The van der Waals surface area contributed by atoms with Crippen LogP contribution in [0.4, 0.5) is 0 Å². The third kappa shape index (κ3) is 3.01. The molecule has 0 bridgehead atoms. The zero-order chi connectivity index (χ0) is 15.4. The van der Waals surface area contributed by atoms with Crippen molar-refractivity contribution in [3.8, 4) is 5.75 Å². The van der Waals surface area contributed by atoms with Crippen molar-refractivity contribution in [1.29, 1.82) is 0 Å². The number of rotatable bonds is 5. The summed E-state index contributed by atoms with van der Waals surface area (Å²) in [4.78, 5) is 14.5. The van der Waals surface area contributed by atoms with Gasteiger partial charge >= 0.3 is 0 Å². The highest BCUT2D eigenvalue weighted by Gasteiger charge is 2.27. The Labute approximate surface area is 130 Å². The van der Waals surface area contributed by atoms with Gasteiger partial charge in [0.2, 0.25) is 5.91 Å². The summed E-state index contributed by atoms with van der Waals surface area (Å²) >= 11 is 0. The second kappa shape index (κ2) is 6.69. The molecule has 0 N–H and O–H groups in total. The maximum absolute atomic E-state index is 12.6. The number of furan rings is 1. The number of ether oxygens (including phenoxy) is 1. The Hall–Kier alpha value is -2.23. The zero-order valence-electron chi connectivity index (χ0n) is 12.8. The molecule has 2 heterocycles. The minimum absolute atomic E-state index is 0.112. The van der Waals surface area contributed by atoms with E-state index < -0.39 is 0 Å². The van der Waals surface area contributed by atoms with Gasteiger partial charge in [-0.25, -0.2) is 0 Å². The molecular weight excluding hydrogens is 278 g/mol. The van der Waals surface area contributed by atoms with Crippen LogP contribution in [0.2, 0.25) is 0 Å². The van der Waals surface area contributed by atoms with Gasteiger partial charge in [-0.3, -0.25) is 4.79 Å². The first-order valence-corrected chi connectivity index (χ1v) is 7.73. The zero-order valence-corrected chi connectivity index (χ0v) is 12.8. The lowest BCUT2D eigenvalue weighted by molar-refractivity contribution is -0.130. The van der Waals surface area contributed by atoms with E-state index in [1.165, 1.54) is 0 Å². The quantitative estimate of drug-likeness (QED) is 0.849. The molecule has 0 aliphatic carbocycles. The van der Waals surface area contributed by atoms with Gasteiger partial charge in [-0.1, -0.05) is 18.2 Å². The first-order chi connectivity index (χ1) is 10.8. The van der Waals surface area contributed by atoms with Crippen LogP contribution in [0, 0.1) is 0 Å². The van der Waals surface area contributed by atoms with E-state index in [2.05, 4.69) is 0 Å². The minimum atomic E-state index is -0.112. The van der Waals surface area contributed by atoms with Gasteiger partial charge in [0, 0.05) is 25.1 Å². The molecule has 2 aromatic rings. The normalized spacial score (nSPS) is 15.8. The smallest absolute Gasteiger partial charge is 0.223 e. The molecule has 4 heteroatoms. The van der Waals surface area contributed by atoms with E-state index in [-0.39, 0.29) is 11.8 Å². The number of amides is 1. The van der Waals surface area contributed by atoms with Gasteiger partial charge in [0.25, 0.3) is 0 Å². The van der Waals surface area contributed by atoms with Gasteiger partial charge in [-0.2, -0.15) is 0 Å². The predicted molar refractivity (Wildman–Crippen MR) is 84.0 cm³/mol. The summed E-state index contributed by atoms with van der Waals surface area (Å²) in [6, 6.07) is 11.6. The summed E-state index contributed by atoms with van der Waals surface area (Å²) in [5, 5.41) is 0. The lowest BCUT2D eigenvalue weighted by Gasteiger charge is -2.21. The molecule has 1 aliphatic rings. The number of carbonyl (C=O) groups excluding carboxylic acids is 1.